The Morgan fingerprint density at radius 1 is 1.21 bits per heavy atom. The molecule has 0 radical (unpaired) electrons. The molecule has 1 amide bonds. The Hall–Kier alpha value is -3.27. The highest BCUT2D eigenvalue weighted by Crippen LogP contribution is 2.42. The number of sulfone groups is 1. The molecule has 2 N–H and O–H groups in total. The van der Waals surface area contributed by atoms with Crippen LogP contribution >= 0.6 is 11.3 Å². The van der Waals surface area contributed by atoms with Gasteiger partial charge in [-0.3, -0.25) is 4.79 Å². The highest BCUT2D eigenvalue weighted by atomic mass is 32.2. The lowest BCUT2D eigenvalue weighted by Crippen LogP contribution is -2.57. The van der Waals surface area contributed by atoms with Crippen molar-refractivity contribution in [1.82, 2.24) is 20.2 Å². The number of carbonyl (C=O) groups is 1. The highest BCUT2D eigenvalue weighted by Gasteiger charge is 2.39. The van der Waals surface area contributed by atoms with Crippen LogP contribution in [-0.4, -0.2) is 86.9 Å². The third kappa shape index (κ3) is 5.23. The van der Waals surface area contributed by atoms with Gasteiger partial charge in [0.1, 0.15) is 10.4 Å². The number of alkyl halides is 3. The fourth-order valence-electron chi connectivity index (χ4n) is 5.55. The number of hydrogen-bond donors (Lipinski definition) is 2. The fraction of sp³-hybridized carbons (Fsp3) is 0.444. The maximum Gasteiger partial charge on any atom is 0.420 e. The van der Waals surface area contributed by atoms with Gasteiger partial charge in [-0.15, -0.1) is 11.3 Å². The molecular weight excluding hydrogens is 593 g/mol. The summed E-state index contributed by atoms with van der Waals surface area (Å²) in [6, 6.07) is 7.47. The molecular formula is C27H29F3N6O4S2. The van der Waals surface area contributed by atoms with Gasteiger partial charge in [0.25, 0.3) is 5.91 Å². The standard InChI is InChI=1S/C27H29F3N6O4S2/c1-3-15-10-16(36-7-6-31-19-13-40-14-20(19)36)4-5-18(15)33-26-32-12-17(27(28,29)30)23(34-26)21-11-22-24(41-21)25(37)35(2)8-9-42(22,38)39/h4-5,10-12,19-20,31H,3,6-9,13-14H2,1-2H3,(H,32,33,34)/t19-,20+/m0/s1. The Kier molecular flexibility index (Phi) is 7.40. The number of carbonyl (C=O) groups excluding carboxylic acids is 1. The molecule has 5 heterocycles. The lowest BCUT2D eigenvalue weighted by Gasteiger charge is -2.39. The third-order valence-electron chi connectivity index (χ3n) is 7.85. The van der Waals surface area contributed by atoms with Gasteiger partial charge in [0, 0.05) is 44.3 Å². The van der Waals surface area contributed by atoms with E-state index in [2.05, 4.69) is 31.6 Å². The molecule has 2 aromatic heterocycles. The average molecular weight is 623 g/mol. The molecule has 3 aromatic rings. The van der Waals surface area contributed by atoms with Crippen LogP contribution in [0.4, 0.5) is 30.5 Å². The van der Waals surface area contributed by atoms with E-state index in [1.807, 2.05) is 19.1 Å². The summed E-state index contributed by atoms with van der Waals surface area (Å²) < 4.78 is 73.5. The fourth-order valence-corrected chi connectivity index (χ4v) is 8.58. The number of ether oxygens (including phenoxy) is 1. The predicted octanol–water partition coefficient (Wildman–Crippen LogP) is 3.57. The second-order valence-electron chi connectivity index (χ2n) is 10.5. The predicted molar refractivity (Wildman–Crippen MR) is 152 cm³/mol. The number of amides is 1. The minimum Gasteiger partial charge on any atom is -0.378 e. The van der Waals surface area contributed by atoms with Crippen LogP contribution in [0.5, 0.6) is 0 Å². The number of piperazine rings is 1. The molecule has 0 saturated carbocycles. The first-order valence-electron chi connectivity index (χ1n) is 13.5. The zero-order valence-electron chi connectivity index (χ0n) is 22.9. The summed E-state index contributed by atoms with van der Waals surface area (Å²) in [5.74, 6) is -0.961. The van der Waals surface area contributed by atoms with Crippen molar-refractivity contribution >= 4 is 44.4 Å². The molecule has 15 heteroatoms. The molecule has 0 aliphatic carbocycles. The van der Waals surface area contributed by atoms with Crippen molar-refractivity contribution in [1.29, 1.82) is 0 Å². The van der Waals surface area contributed by atoms with Crippen molar-refractivity contribution in [3.05, 3.63) is 46.5 Å². The monoisotopic (exact) mass is 622 g/mol. The van der Waals surface area contributed by atoms with E-state index < -0.39 is 33.2 Å². The van der Waals surface area contributed by atoms with Gasteiger partial charge in [0.2, 0.25) is 5.95 Å². The first-order valence-corrected chi connectivity index (χ1v) is 16.0. The van der Waals surface area contributed by atoms with Crippen molar-refractivity contribution in [2.45, 2.75) is 36.5 Å². The van der Waals surface area contributed by atoms with Gasteiger partial charge in [-0.05, 0) is 36.2 Å². The number of benzene rings is 1. The number of aromatic nitrogens is 2. The highest BCUT2D eigenvalue weighted by molar-refractivity contribution is 7.91. The SMILES string of the molecule is CCc1cc(N2CCN[C@H]3COC[C@H]32)ccc1Nc1ncc(C(F)(F)F)c(-c2cc3c(s2)C(=O)N(C)CCS3(=O)=O)n1. The van der Waals surface area contributed by atoms with Crippen molar-refractivity contribution in [3.8, 4) is 10.6 Å². The summed E-state index contributed by atoms with van der Waals surface area (Å²) >= 11 is 0.685. The number of nitrogens with one attached hydrogen (secondary N) is 2. The molecule has 2 saturated heterocycles. The van der Waals surface area contributed by atoms with E-state index in [0.29, 0.717) is 42.9 Å². The summed E-state index contributed by atoms with van der Waals surface area (Å²) in [6.45, 7) is 4.94. The lowest BCUT2D eigenvalue weighted by molar-refractivity contribution is -0.137. The van der Waals surface area contributed by atoms with Gasteiger partial charge in [0.05, 0.1) is 46.5 Å². The number of hydrogen-bond acceptors (Lipinski definition) is 10. The smallest absolute Gasteiger partial charge is 0.378 e. The third-order valence-corrected chi connectivity index (χ3v) is 10.8. The van der Waals surface area contributed by atoms with Gasteiger partial charge in [-0.25, -0.2) is 18.4 Å². The number of aryl methyl sites for hydroxylation is 1. The van der Waals surface area contributed by atoms with E-state index in [1.165, 1.54) is 11.9 Å². The Labute approximate surface area is 244 Å². The lowest BCUT2D eigenvalue weighted by atomic mass is 10.0. The first kappa shape index (κ1) is 28.8. The Morgan fingerprint density at radius 3 is 2.79 bits per heavy atom. The largest absolute Gasteiger partial charge is 0.420 e. The van der Waals surface area contributed by atoms with E-state index >= 15 is 0 Å². The molecule has 0 unspecified atom stereocenters. The van der Waals surface area contributed by atoms with Crippen LogP contribution in [0, 0.1) is 0 Å². The van der Waals surface area contributed by atoms with Crippen LogP contribution in [-0.2, 0) is 27.2 Å². The van der Waals surface area contributed by atoms with Gasteiger partial charge >= 0.3 is 6.18 Å². The molecule has 2 fully saturated rings. The summed E-state index contributed by atoms with van der Waals surface area (Å²) in [6.07, 6.45) is -3.49. The number of nitrogens with zero attached hydrogens (tertiary/aromatic N) is 4. The molecule has 3 aliphatic heterocycles. The minimum absolute atomic E-state index is 0.00447. The van der Waals surface area contributed by atoms with Crippen LogP contribution in [0.1, 0.15) is 27.7 Å². The van der Waals surface area contributed by atoms with Crippen molar-refractivity contribution < 1.29 is 31.1 Å². The zero-order valence-corrected chi connectivity index (χ0v) is 24.5. The van der Waals surface area contributed by atoms with E-state index in [4.69, 9.17) is 4.74 Å². The Bertz CT molecular complexity index is 1640. The molecule has 6 rings (SSSR count). The van der Waals surface area contributed by atoms with Crippen molar-refractivity contribution in [2.24, 2.45) is 0 Å². The average Bonchev–Trinajstić information content (AvgIpc) is 3.62. The van der Waals surface area contributed by atoms with Crippen LogP contribution in [0.2, 0.25) is 0 Å². The molecule has 0 bridgehead atoms. The number of anilines is 3. The second kappa shape index (κ2) is 10.8. The van der Waals surface area contributed by atoms with Crippen molar-refractivity contribution in [3.63, 3.8) is 0 Å². The summed E-state index contributed by atoms with van der Waals surface area (Å²) in [5, 5.41) is 6.54. The van der Waals surface area contributed by atoms with Gasteiger partial charge in [-0.2, -0.15) is 13.2 Å². The van der Waals surface area contributed by atoms with E-state index in [1.54, 1.807) is 0 Å². The Morgan fingerprint density at radius 2 is 2.02 bits per heavy atom. The molecule has 0 spiro atoms. The topological polar surface area (TPSA) is 117 Å². The maximum atomic E-state index is 14.1. The molecule has 1 aromatic carbocycles. The summed E-state index contributed by atoms with van der Waals surface area (Å²) in [7, 11) is -2.42. The van der Waals surface area contributed by atoms with Crippen LogP contribution in [0.3, 0.4) is 0 Å². The quantitative estimate of drug-likeness (QED) is 0.441. The second-order valence-corrected chi connectivity index (χ2v) is 13.6. The summed E-state index contributed by atoms with van der Waals surface area (Å²) in [5.41, 5.74) is 0.980. The number of rotatable bonds is 5. The molecule has 224 valence electrons. The van der Waals surface area contributed by atoms with Crippen LogP contribution < -0.4 is 15.5 Å². The normalized spacial score (nSPS) is 22.1. The summed E-state index contributed by atoms with van der Waals surface area (Å²) in [4.78, 5) is 24.1. The van der Waals surface area contributed by atoms with Crippen molar-refractivity contribution in [2.75, 3.05) is 55.9 Å². The Balaban J connectivity index is 1.36. The first-order chi connectivity index (χ1) is 20.0. The van der Waals surface area contributed by atoms with E-state index in [9.17, 15) is 26.4 Å². The van der Waals surface area contributed by atoms with Crippen LogP contribution in [0.15, 0.2) is 35.4 Å². The number of halogens is 3. The number of fused-ring (bicyclic) bond motifs is 2. The number of thiophene rings is 1. The minimum atomic E-state index is -4.81. The van der Waals surface area contributed by atoms with E-state index in [0.717, 1.165) is 30.4 Å². The van der Waals surface area contributed by atoms with Gasteiger partial charge in [0.15, 0.2) is 9.84 Å². The van der Waals surface area contributed by atoms with Crippen LogP contribution in [0.25, 0.3) is 10.6 Å². The molecule has 42 heavy (non-hydrogen) atoms. The molecule has 10 nitrogen and oxygen atoms in total. The van der Waals surface area contributed by atoms with Gasteiger partial charge < -0.3 is 25.2 Å². The maximum absolute atomic E-state index is 14.1. The molecule has 3 aliphatic rings. The zero-order chi connectivity index (χ0) is 29.8. The van der Waals surface area contributed by atoms with Gasteiger partial charge in [-0.1, -0.05) is 6.92 Å². The molecule has 2 atom stereocenters. The van der Waals surface area contributed by atoms with E-state index in [-0.39, 0.29) is 45.0 Å².